The number of fused-ring (bicyclic) bond motifs is 1. The summed E-state index contributed by atoms with van der Waals surface area (Å²) in [7, 11) is 0. The van der Waals surface area contributed by atoms with Gasteiger partial charge < -0.3 is 5.32 Å². The Kier molecular flexibility index (Phi) is 2.34. The standard InChI is InChI=1S/C12H11NO3/c1-6-3-12(16)13-10-5-11(15)9(7(2)14)4-8(6)10/h3-5,8H,1-2H3,(H,13,16). The first kappa shape index (κ1) is 10.5. The Hall–Kier alpha value is -1.97. The van der Waals surface area contributed by atoms with E-state index in [4.69, 9.17) is 0 Å². The molecule has 1 aliphatic heterocycles. The molecule has 0 aromatic rings. The van der Waals surface area contributed by atoms with Crippen LogP contribution in [-0.2, 0) is 14.4 Å². The molecular formula is C12H11NO3. The van der Waals surface area contributed by atoms with E-state index in [-0.39, 0.29) is 29.0 Å². The van der Waals surface area contributed by atoms with Gasteiger partial charge in [0, 0.05) is 23.8 Å². The lowest BCUT2D eigenvalue weighted by Crippen LogP contribution is -2.34. The van der Waals surface area contributed by atoms with Crippen molar-refractivity contribution < 1.29 is 14.4 Å². The first-order valence-corrected chi connectivity index (χ1v) is 4.97. The highest BCUT2D eigenvalue weighted by Crippen LogP contribution is 2.28. The molecule has 1 aliphatic carbocycles. The van der Waals surface area contributed by atoms with Gasteiger partial charge in [0.15, 0.2) is 11.6 Å². The quantitative estimate of drug-likeness (QED) is 0.656. The fourth-order valence-electron chi connectivity index (χ4n) is 1.90. The molecule has 4 nitrogen and oxygen atoms in total. The van der Waals surface area contributed by atoms with Gasteiger partial charge >= 0.3 is 0 Å². The molecule has 2 rings (SSSR count). The van der Waals surface area contributed by atoms with E-state index in [0.29, 0.717) is 5.70 Å². The molecule has 1 unspecified atom stereocenters. The van der Waals surface area contributed by atoms with Crippen molar-refractivity contribution in [2.75, 3.05) is 0 Å². The smallest absolute Gasteiger partial charge is 0.248 e. The number of amides is 1. The van der Waals surface area contributed by atoms with Crippen molar-refractivity contribution >= 4 is 17.5 Å². The molecule has 0 aromatic heterocycles. The van der Waals surface area contributed by atoms with Gasteiger partial charge in [-0.3, -0.25) is 14.4 Å². The number of rotatable bonds is 1. The Bertz CT molecular complexity index is 494. The second kappa shape index (κ2) is 3.56. The first-order valence-electron chi connectivity index (χ1n) is 4.97. The summed E-state index contributed by atoms with van der Waals surface area (Å²) in [4.78, 5) is 34.0. The molecule has 0 bridgehead atoms. The molecule has 82 valence electrons. The maximum absolute atomic E-state index is 11.6. The fraction of sp³-hybridized carbons (Fsp3) is 0.250. The predicted octanol–water partition coefficient (Wildman–Crippen LogP) is 0.661. The van der Waals surface area contributed by atoms with E-state index in [1.807, 2.05) is 0 Å². The van der Waals surface area contributed by atoms with Crippen molar-refractivity contribution in [1.82, 2.24) is 5.32 Å². The zero-order chi connectivity index (χ0) is 11.9. The number of nitrogens with one attached hydrogen (secondary N) is 1. The third kappa shape index (κ3) is 1.62. The summed E-state index contributed by atoms with van der Waals surface area (Å²) in [5.74, 6) is -0.972. The van der Waals surface area contributed by atoms with Crippen LogP contribution >= 0.6 is 0 Å². The number of hydrogen-bond donors (Lipinski definition) is 1. The third-order valence-electron chi connectivity index (χ3n) is 2.72. The molecule has 0 spiro atoms. The molecule has 1 atom stereocenters. The minimum Gasteiger partial charge on any atom is -0.325 e. The van der Waals surface area contributed by atoms with E-state index in [2.05, 4.69) is 5.32 Å². The second-order valence-corrected chi connectivity index (χ2v) is 3.96. The summed E-state index contributed by atoms with van der Waals surface area (Å²) < 4.78 is 0. The molecule has 1 heterocycles. The molecule has 1 N–H and O–H groups in total. The Morgan fingerprint density at radius 1 is 1.31 bits per heavy atom. The zero-order valence-corrected chi connectivity index (χ0v) is 9.03. The van der Waals surface area contributed by atoms with Crippen molar-refractivity contribution in [2.24, 2.45) is 5.92 Å². The lowest BCUT2D eigenvalue weighted by atomic mass is 9.85. The van der Waals surface area contributed by atoms with Gasteiger partial charge in [-0.05, 0) is 13.8 Å². The number of carbonyl (C=O) groups excluding carboxylic acids is 3. The molecule has 2 aliphatic rings. The highest BCUT2D eigenvalue weighted by atomic mass is 16.2. The molecule has 0 radical (unpaired) electrons. The largest absolute Gasteiger partial charge is 0.325 e. The van der Waals surface area contributed by atoms with Crippen LogP contribution in [0.5, 0.6) is 0 Å². The fourth-order valence-corrected chi connectivity index (χ4v) is 1.90. The second-order valence-electron chi connectivity index (χ2n) is 3.96. The number of Topliss-reactive ketones (excluding diaryl/α,β-unsaturated/α-hetero) is 1. The topological polar surface area (TPSA) is 63.2 Å². The summed E-state index contributed by atoms with van der Waals surface area (Å²) in [6.45, 7) is 3.17. The van der Waals surface area contributed by atoms with Gasteiger partial charge in [0.2, 0.25) is 5.91 Å². The maximum atomic E-state index is 11.6. The average Bonchev–Trinajstić information content (AvgIpc) is 2.15. The highest BCUT2D eigenvalue weighted by molar-refractivity contribution is 6.24. The van der Waals surface area contributed by atoms with Crippen LogP contribution in [0.1, 0.15) is 13.8 Å². The number of hydrogen-bond acceptors (Lipinski definition) is 3. The molecular weight excluding hydrogens is 206 g/mol. The summed E-state index contributed by atoms with van der Waals surface area (Å²) in [6.07, 6.45) is 4.42. The zero-order valence-electron chi connectivity index (χ0n) is 9.03. The van der Waals surface area contributed by atoms with Gasteiger partial charge in [-0.15, -0.1) is 0 Å². The van der Waals surface area contributed by atoms with E-state index in [0.717, 1.165) is 5.57 Å². The number of allylic oxidation sites excluding steroid dienone is 3. The van der Waals surface area contributed by atoms with Crippen molar-refractivity contribution in [3.8, 4) is 0 Å². The Morgan fingerprint density at radius 3 is 2.62 bits per heavy atom. The molecule has 0 aromatic carbocycles. The van der Waals surface area contributed by atoms with Crippen LogP contribution < -0.4 is 5.32 Å². The monoisotopic (exact) mass is 217 g/mol. The van der Waals surface area contributed by atoms with E-state index >= 15 is 0 Å². The number of ketones is 2. The van der Waals surface area contributed by atoms with Crippen LogP contribution in [0, 0.1) is 5.92 Å². The van der Waals surface area contributed by atoms with Crippen LogP contribution in [0.2, 0.25) is 0 Å². The third-order valence-corrected chi connectivity index (χ3v) is 2.72. The lowest BCUT2D eigenvalue weighted by molar-refractivity contribution is -0.118. The molecule has 0 saturated heterocycles. The van der Waals surface area contributed by atoms with E-state index < -0.39 is 0 Å². The molecule has 16 heavy (non-hydrogen) atoms. The molecule has 1 amide bonds. The van der Waals surface area contributed by atoms with Crippen molar-refractivity contribution in [1.29, 1.82) is 0 Å². The summed E-state index contributed by atoms with van der Waals surface area (Å²) in [5, 5.41) is 2.61. The first-order chi connectivity index (χ1) is 7.49. The van der Waals surface area contributed by atoms with Gasteiger partial charge in [0.05, 0.1) is 5.57 Å². The Labute approximate surface area is 92.7 Å². The molecule has 0 fully saturated rings. The minimum atomic E-state index is -0.339. The van der Waals surface area contributed by atoms with Gasteiger partial charge in [-0.1, -0.05) is 11.6 Å². The number of carbonyl (C=O) groups is 3. The van der Waals surface area contributed by atoms with Crippen molar-refractivity contribution in [2.45, 2.75) is 13.8 Å². The summed E-state index contributed by atoms with van der Waals surface area (Å²) in [5.41, 5.74) is 1.58. The van der Waals surface area contributed by atoms with Crippen LogP contribution in [0.25, 0.3) is 0 Å². The van der Waals surface area contributed by atoms with Gasteiger partial charge in [-0.25, -0.2) is 0 Å². The lowest BCUT2D eigenvalue weighted by Gasteiger charge is -2.26. The van der Waals surface area contributed by atoms with Crippen molar-refractivity contribution in [3.05, 3.63) is 35.1 Å². The van der Waals surface area contributed by atoms with Gasteiger partial charge in [0.1, 0.15) is 0 Å². The van der Waals surface area contributed by atoms with E-state index in [9.17, 15) is 14.4 Å². The maximum Gasteiger partial charge on any atom is 0.248 e. The average molecular weight is 217 g/mol. The Balaban J connectivity index is 2.47. The molecule has 0 saturated carbocycles. The van der Waals surface area contributed by atoms with Crippen LogP contribution in [0.15, 0.2) is 35.1 Å². The van der Waals surface area contributed by atoms with Gasteiger partial charge in [0.25, 0.3) is 0 Å². The minimum absolute atomic E-state index is 0.158. The van der Waals surface area contributed by atoms with Crippen LogP contribution in [-0.4, -0.2) is 17.5 Å². The molecule has 4 heteroatoms. The summed E-state index contributed by atoms with van der Waals surface area (Å²) in [6, 6.07) is 0. The SMILES string of the molecule is CC(=O)C1=CC2C(C)=CC(=O)NC2=CC1=O. The normalized spacial score (nSPS) is 23.9. The highest BCUT2D eigenvalue weighted by Gasteiger charge is 2.29. The Morgan fingerprint density at radius 2 is 2.00 bits per heavy atom. The van der Waals surface area contributed by atoms with Crippen LogP contribution in [0.4, 0.5) is 0 Å². The van der Waals surface area contributed by atoms with E-state index in [1.54, 1.807) is 13.0 Å². The van der Waals surface area contributed by atoms with Crippen LogP contribution in [0.3, 0.4) is 0 Å². The summed E-state index contributed by atoms with van der Waals surface area (Å²) >= 11 is 0. The predicted molar refractivity (Wildman–Crippen MR) is 57.2 cm³/mol. The van der Waals surface area contributed by atoms with Gasteiger partial charge in [-0.2, -0.15) is 0 Å². The van der Waals surface area contributed by atoms with Crippen molar-refractivity contribution in [3.63, 3.8) is 0 Å². The van der Waals surface area contributed by atoms with E-state index in [1.165, 1.54) is 19.1 Å².